The van der Waals surface area contributed by atoms with E-state index in [0.29, 0.717) is 19.1 Å². The SMILES string of the molecule is CC.CC(C)(C)OC(=O)N1CCC(CCCOc2ccc3c(c2)CCCN3O)CC1. The Morgan fingerprint density at radius 3 is 2.53 bits per heavy atom. The van der Waals surface area contributed by atoms with Gasteiger partial charge < -0.3 is 14.4 Å². The van der Waals surface area contributed by atoms with E-state index in [9.17, 15) is 10.0 Å². The molecule has 2 heterocycles. The summed E-state index contributed by atoms with van der Waals surface area (Å²) in [6.07, 6.45) is 5.96. The summed E-state index contributed by atoms with van der Waals surface area (Å²) in [4.78, 5) is 14.0. The number of benzene rings is 1. The van der Waals surface area contributed by atoms with Gasteiger partial charge in [0, 0.05) is 19.6 Å². The Bertz CT molecular complexity index is 664. The summed E-state index contributed by atoms with van der Waals surface area (Å²) in [6.45, 7) is 12.7. The van der Waals surface area contributed by atoms with Crippen LogP contribution in [0.3, 0.4) is 0 Å². The number of ether oxygens (including phenoxy) is 2. The van der Waals surface area contributed by atoms with Crippen molar-refractivity contribution in [2.45, 2.75) is 78.7 Å². The summed E-state index contributed by atoms with van der Waals surface area (Å²) >= 11 is 0. The number of carbonyl (C=O) groups excluding carboxylic acids is 1. The van der Waals surface area contributed by atoms with E-state index in [4.69, 9.17) is 9.47 Å². The molecule has 2 aliphatic heterocycles. The van der Waals surface area contributed by atoms with E-state index in [1.165, 1.54) is 5.06 Å². The Labute approximate surface area is 182 Å². The van der Waals surface area contributed by atoms with Gasteiger partial charge in [0.25, 0.3) is 0 Å². The van der Waals surface area contributed by atoms with Crippen LogP contribution in [-0.4, -0.2) is 48.0 Å². The number of carbonyl (C=O) groups is 1. The van der Waals surface area contributed by atoms with Crippen molar-refractivity contribution in [3.63, 3.8) is 0 Å². The lowest BCUT2D eigenvalue weighted by Crippen LogP contribution is -2.41. The van der Waals surface area contributed by atoms with Crippen LogP contribution in [0, 0.1) is 5.92 Å². The molecule has 170 valence electrons. The lowest BCUT2D eigenvalue weighted by atomic mass is 9.92. The van der Waals surface area contributed by atoms with Crippen molar-refractivity contribution in [3.05, 3.63) is 23.8 Å². The van der Waals surface area contributed by atoms with Crippen LogP contribution >= 0.6 is 0 Å². The van der Waals surface area contributed by atoms with Crippen molar-refractivity contribution in [3.8, 4) is 5.75 Å². The number of amides is 1. The summed E-state index contributed by atoms with van der Waals surface area (Å²) in [6, 6.07) is 5.93. The average Bonchev–Trinajstić information content (AvgIpc) is 2.72. The van der Waals surface area contributed by atoms with Crippen LogP contribution in [0.4, 0.5) is 10.5 Å². The Balaban J connectivity index is 0.00000155. The fourth-order valence-electron chi connectivity index (χ4n) is 3.94. The van der Waals surface area contributed by atoms with E-state index in [-0.39, 0.29) is 6.09 Å². The molecule has 1 N–H and O–H groups in total. The minimum absolute atomic E-state index is 0.192. The van der Waals surface area contributed by atoms with Crippen molar-refractivity contribution in [1.82, 2.24) is 4.90 Å². The molecule has 3 rings (SSSR count). The van der Waals surface area contributed by atoms with E-state index in [1.807, 2.05) is 51.7 Å². The number of rotatable bonds is 5. The maximum atomic E-state index is 12.1. The minimum Gasteiger partial charge on any atom is -0.494 e. The summed E-state index contributed by atoms with van der Waals surface area (Å²) in [5.41, 5.74) is 1.62. The molecular formula is C24H40N2O4. The number of fused-ring (bicyclic) bond motifs is 1. The van der Waals surface area contributed by atoms with Gasteiger partial charge in [-0.2, -0.15) is 0 Å². The topological polar surface area (TPSA) is 62.2 Å². The van der Waals surface area contributed by atoms with Gasteiger partial charge in [-0.3, -0.25) is 10.3 Å². The monoisotopic (exact) mass is 420 g/mol. The maximum absolute atomic E-state index is 12.1. The molecule has 0 spiro atoms. The van der Waals surface area contributed by atoms with E-state index >= 15 is 0 Å². The molecule has 0 unspecified atom stereocenters. The van der Waals surface area contributed by atoms with E-state index in [0.717, 1.165) is 68.6 Å². The first-order valence-corrected chi connectivity index (χ1v) is 11.5. The van der Waals surface area contributed by atoms with Crippen molar-refractivity contribution in [2.75, 3.05) is 31.3 Å². The van der Waals surface area contributed by atoms with Gasteiger partial charge in [-0.15, -0.1) is 0 Å². The average molecular weight is 421 g/mol. The molecule has 30 heavy (non-hydrogen) atoms. The quantitative estimate of drug-likeness (QED) is 0.623. The van der Waals surface area contributed by atoms with Crippen LogP contribution in [0.25, 0.3) is 0 Å². The van der Waals surface area contributed by atoms with Crippen LogP contribution in [0.1, 0.15) is 72.3 Å². The Hall–Kier alpha value is -1.95. The standard InChI is InChI=1S/C22H34N2O4.C2H6/c1-22(2,3)28-21(25)23-13-10-17(11-14-23)6-5-15-27-19-8-9-20-18(16-19)7-4-12-24(20)26;1-2/h8-9,16-17,26H,4-7,10-15H2,1-3H3;1-2H3. The van der Waals surface area contributed by atoms with Crippen LogP contribution < -0.4 is 9.80 Å². The molecule has 0 saturated carbocycles. The summed E-state index contributed by atoms with van der Waals surface area (Å²) in [5.74, 6) is 1.53. The normalized spacial score (nSPS) is 17.0. The third kappa shape index (κ3) is 7.38. The number of hydrogen-bond acceptors (Lipinski definition) is 5. The molecule has 6 nitrogen and oxygen atoms in total. The first-order valence-electron chi connectivity index (χ1n) is 11.5. The van der Waals surface area contributed by atoms with Crippen LogP contribution in [0.2, 0.25) is 0 Å². The molecule has 0 radical (unpaired) electrons. The molecule has 1 fully saturated rings. The zero-order valence-corrected chi connectivity index (χ0v) is 19.4. The fourth-order valence-corrected chi connectivity index (χ4v) is 3.94. The van der Waals surface area contributed by atoms with Gasteiger partial charge in [-0.25, -0.2) is 4.79 Å². The second kappa shape index (κ2) is 11.4. The highest BCUT2D eigenvalue weighted by atomic mass is 16.6. The second-order valence-electron chi connectivity index (χ2n) is 8.92. The number of hydrogen-bond donors (Lipinski definition) is 1. The lowest BCUT2D eigenvalue weighted by Gasteiger charge is -2.33. The highest BCUT2D eigenvalue weighted by Gasteiger charge is 2.26. The van der Waals surface area contributed by atoms with E-state index < -0.39 is 5.60 Å². The lowest BCUT2D eigenvalue weighted by molar-refractivity contribution is 0.0179. The molecule has 0 aromatic heterocycles. The van der Waals surface area contributed by atoms with Crippen molar-refractivity contribution < 1.29 is 19.5 Å². The number of aryl methyl sites for hydroxylation is 1. The molecular weight excluding hydrogens is 380 g/mol. The Morgan fingerprint density at radius 1 is 1.17 bits per heavy atom. The first kappa shape index (κ1) is 24.3. The number of likely N-dealkylation sites (tertiary alicyclic amines) is 1. The van der Waals surface area contributed by atoms with Crippen molar-refractivity contribution in [1.29, 1.82) is 0 Å². The third-order valence-electron chi connectivity index (χ3n) is 5.44. The predicted molar refractivity (Wildman–Crippen MR) is 121 cm³/mol. The molecule has 1 amide bonds. The predicted octanol–water partition coefficient (Wildman–Crippen LogP) is 5.66. The zero-order valence-electron chi connectivity index (χ0n) is 19.4. The van der Waals surface area contributed by atoms with Crippen LogP contribution in [0.15, 0.2) is 18.2 Å². The zero-order chi connectivity index (χ0) is 22.1. The molecule has 1 saturated heterocycles. The number of hydroxylamine groups is 1. The summed E-state index contributed by atoms with van der Waals surface area (Å²) < 4.78 is 11.4. The number of nitrogens with zero attached hydrogens (tertiary/aromatic N) is 2. The summed E-state index contributed by atoms with van der Waals surface area (Å²) in [5, 5.41) is 11.2. The molecule has 6 heteroatoms. The Morgan fingerprint density at radius 2 is 1.87 bits per heavy atom. The fraction of sp³-hybridized carbons (Fsp3) is 0.708. The third-order valence-corrected chi connectivity index (χ3v) is 5.44. The molecule has 0 aliphatic carbocycles. The summed E-state index contributed by atoms with van der Waals surface area (Å²) in [7, 11) is 0. The Kier molecular flexibility index (Phi) is 9.28. The van der Waals surface area contributed by atoms with E-state index in [1.54, 1.807) is 0 Å². The van der Waals surface area contributed by atoms with E-state index in [2.05, 4.69) is 6.07 Å². The maximum Gasteiger partial charge on any atom is 0.410 e. The van der Waals surface area contributed by atoms with Crippen molar-refractivity contribution >= 4 is 11.8 Å². The van der Waals surface area contributed by atoms with Gasteiger partial charge in [0.2, 0.25) is 0 Å². The van der Waals surface area contributed by atoms with Crippen LogP contribution in [-0.2, 0) is 11.2 Å². The van der Waals surface area contributed by atoms with Gasteiger partial charge in [0.05, 0.1) is 12.3 Å². The highest BCUT2D eigenvalue weighted by molar-refractivity contribution is 5.68. The second-order valence-corrected chi connectivity index (χ2v) is 8.92. The van der Waals surface area contributed by atoms with Crippen LogP contribution in [0.5, 0.6) is 5.75 Å². The van der Waals surface area contributed by atoms with Gasteiger partial charge in [0.15, 0.2) is 0 Å². The van der Waals surface area contributed by atoms with Gasteiger partial charge in [-0.05, 0) is 89.0 Å². The van der Waals surface area contributed by atoms with Gasteiger partial charge in [0.1, 0.15) is 11.4 Å². The molecule has 1 aromatic rings. The molecule has 2 aliphatic rings. The van der Waals surface area contributed by atoms with Gasteiger partial charge >= 0.3 is 6.09 Å². The minimum atomic E-state index is -0.433. The number of anilines is 1. The molecule has 0 atom stereocenters. The number of piperidine rings is 1. The highest BCUT2D eigenvalue weighted by Crippen LogP contribution is 2.29. The van der Waals surface area contributed by atoms with Crippen molar-refractivity contribution in [2.24, 2.45) is 5.92 Å². The first-order chi connectivity index (χ1) is 14.3. The van der Waals surface area contributed by atoms with Gasteiger partial charge in [-0.1, -0.05) is 13.8 Å². The molecule has 1 aromatic carbocycles. The largest absolute Gasteiger partial charge is 0.494 e. The molecule has 0 bridgehead atoms. The smallest absolute Gasteiger partial charge is 0.410 e.